The van der Waals surface area contributed by atoms with E-state index in [-0.39, 0.29) is 0 Å². The largest absolute Gasteiger partial charge is 0.255 e. The van der Waals surface area contributed by atoms with Gasteiger partial charge >= 0.3 is 0 Å². The molecule has 2 rings (SSSR count). The van der Waals surface area contributed by atoms with Gasteiger partial charge in [0.05, 0.1) is 5.88 Å². The predicted octanol–water partition coefficient (Wildman–Crippen LogP) is 2.33. The maximum Gasteiger partial charge on any atom is 0.0637 e. The van der Waals surface area contributed by atoms with Crippen molar-refractivity contribution in [3.05, 3.63) is 30.3 Å². The van der Waals surface area contributed by atoms with Crippen LogP contribution in [0.5, 0.6) is 0 Å². The fourth-order valence-electron chi connectivity index (χ4n) is 2.00. The summed E-state index contributed by atoms with van der Waals surface area (Å²) in [5.74, 6) is 0.869. The summed E-state index contributed by atoms with van der Waals surface area (Å²) in [7, 11) is 0. The zero-order chi connectivity index (χ0) is 12.5. The van der Waals surface area contributed by atoms with Gasteiger partial charge in [-0.25, -0.2) is 10.3 Å². The Labute approximate surface area is 114 Å². The Morgan fingerprint density at radius 2 is 1.94 bits per heavy atom. The lowest BCUT2D eigenvalue weighted by molar-refractivity contribution is 0.234. The van der Waals surface area contributed by atoms with E-state index in [1.54, 1.807) is 11.8 Å². The van der Waals surface area contributed by atoms with Crippen LogP contribution >= 0.6 is 11.8 Å². The van der Waals surface area contributed by atoms with Crippen molar-refractivity contribution in [3.8, 4) is 0 Å². The number of nitrogens with zero attached hydrogens (tertiary/aromatic N) is 2. The Bertz CT molecular complexity index is 312. The summed E-state index contributed by atoms with van der Waals surface area (Å²) in [5.41, 5.74) is 3.46. The molecule has 1 aliphatic heterocycles. The molecule has 4 heteroatoms. The Morgan fingerprint density at radius 1 is 1.17 bits per heavy atom. The minimum Gasteiger partial charge on any atom is -0.255 e. The lowest BCUT2D eigenvalue weighted by atomic mass is 10.4. The first kappa shape index (κ1) is 13.9. The van der Waals surface area contributed by atoms with Crippen LogP contribution in [0.15, 0.2) is 35.2 Å². The highest BCUT2D eigenvalue weighted by Gasteiger charge is 2.09. The normalized spacial score (nSPS) is 16.2. The molecule has 0 amide bonds. The van der Waals surface area contributed by atoms with Crippen molar-refractivity contribution in [2.24, 2.45) is 0 Å². The van der Waals surface area contributed by atoms with E-state index in [1.807, 2.05) is 6.07 Å². The average molecular weight is 264 g/mol. The van der Waals surface area contributed by atoms with Crippen molar-refractivity contribution in [2.75, 3.05) is 32.1 Å². The van der Waals surface area contributed by atoms with Crippen LogP contribution in [-0.4, -0.2) is 37.1 Å². The number of hydrogen-bond acceptors (Lipinski definition) is 3. The minimum atomic E-state index is 0.869. The van der Waals surface area contributed by atoms with E-state index in [4.69, 9.17) is 0 Å². The molecule has 1 radical (unpaired) electrons. The number of hydrogen-bond donors (Lipinski definition) is 1. The molecule has 0 unspecified atom stereocenters. The molecule has 3 nitrogen and oxygen atoms in total. The first-order chi connectivity index (χ1) is 8.95. The van der Waals surface area contributed by atoms with Gasteiger partial charge < -0.3 is 0 Å². The molecule has 99 valence electrons. The molecule has 0 aliphatic carbocycles. The number of hydrazine groups is 1. The number of nitrogens with one attached hydrogen (secondary N) is 1. The predicted molar refractivity (Wildman–Crippen MR) is 77.6 cm³/mol. The molecular formula is C14H22N3S. The fraction of sp³-hybridized carbons (Fsp3) is 0.571. The molecule has 0 bridgehead atoms. The molecule has 1 heterocycles. The standard InChI is InChI=1S/C14H22N3S/c1-2-7-14(8-3-1)18-13-15-9-6-10-16-17-11-4-5-12-17/h1-3,7-8,16H,4-6,9-13H2. The molecule has 1 aromatic rings. The highest BCUT2D eigenvalue weighted by atomic mass is 32.2. The summed E-state index contributed by atoms with van der Waals surface area (Å²) < 4.78 is 0. The third kappa shape index (κ3) is 5.40. The van der Waals surface area contributed by atoms with Crippen LogP contribution in [0.4, 0.5) is 0 Å². The molecule has 0 atom stereocenters. The van der Waals surface area contributed by atoms with Gasteiger partial charge in [0.25, 0.3) is 0 Å². The van der Waals surface area contributed by atoms with E-state index >= 15 is 0 Å². The van der Waals surface area contributed by atoms with Gasteiger partial charge in [0.15, 0.2) is 0 Å². The third-order valence-electron chi connectivity index (χ3n) is 3.00. The Hall–Kier alpha value is -0.550. The van der Waals surface area contributed by atoms with Crippen molar-refractivity contribution in [1.29, 1.82) is 0 Å². The molecule has 1 aromatic carbocycles. The van der Waals surface area contributed by atoms with Crippen molar-refractivity contribution < 1.29 is 0 Å². The van der Waals surface area contributed by atoms with Gasteiger partial charge in [0.1, 0.15) is 0 Å². The van der Waals surface area contributed by atoms with E-state index in [2.05, 4.69) is 40.0 Å². The molecule has 1 saturated heterocycles. The minimum absolute atomic E-state index is 0.869. The second kappa shape index (κ2) is 8.53. The quantitative estimate of drug-likeness (QED) is 0.577. The second-order valence-electron chi connectivity index (χ2n) is 4.49. The van der Waals surface area contributed by atoms with Gasteiger partial charge in [-0.3, -0.25) is 5.43 Å². The molecular weight excluding hydrogens is 242 g/mol. The van der Waals surface area contributed by atoms with E-state index in [9.17, 15) is 0 Å². The molecule has 1 fully saturated rings. The molecule has 1 N–H and O–H groups in total. The van der Waals surface area contributed by atoms with Gasteiger partial charge in [-0.05, 0) is 31.4 Å². The molecule has 0 saturated carbocycles. The van der Waals surface area contributed by atoms with Crippen LogP contribution in [-0.2, 0) is 0 Å². The number of rotatable bonds is 8. The maximum atomic E-state index is 4.54. The number of thioether (sulfide) groups is 1. The van der Waals surface area contributed by atoms with Crippen LogP contribution < -0.4 is 10.7 Å². The summed E-state index contributed by atoms with van der Waals surface area (Å²) in [6.45, 7) is 4.43. The lowest BCUT2D eigenvalue weighted by Crippen LogP contribution is -2.36. The average Bonchev–Trinajstić information content (AvgIpc) is 2.92. The van der Waals surface area contributed by atoms with Crippen molar-refractivity contribution in [2.45, 2.75) is 24.2 Å². The van der Waals surface area contributed by atoms with E-state index in [1.165, 1.54) is 30.8 Å². The molecule has 1 aliphatic rings. The summed E-state index contributed by atoms with van der Waals surface area (Å²) in [6.07, 6.45) is 3.81. The smallest absolute Gasteiger partial charge is 0.0637 e. The Balaban J connectivity index is 1.42. The Morgan fingerprint density at radius 3 is 2.72 bits per heavy atom. The number of benzene rings is 1. The molecule has 0 aromatic heterocycles. The summed E-state index contributed by atoms with van der Waals surface area (Å²) in [6, 6.07) is 10.5. The third-order valence-corrected chi connectivity index (χ3v) is 3.92. The zero-order valence-corrected chi connectivity index (χ0v) is 11.7. The summed E-state index contributed by atoms with van der Waals surface area (Å²) in [4.78, 5) is 1.30. The van der Waals surface area contributed by atoms with Crippen molar-refractivity contribution in [1.82, 2.24) is 15.8 Å². The van der Waals surface area contributed by atoms with Crippen LogP contribution in [0.25, 0.3) is 0 Å². The van der Waals surface area contributed by atoms with Gasteiger partial charge in [-0.15, -0.1) is 11.8 Å². The van der Waals surface area contributed by atoms with Crippen molar-refractivity contribution in [3.63, 3.8) is 0 Å². The van der Waals surface area contributed by atoms with Crippen molar-refractivity contribution >= 4 is 11.8 Å². The van der Waals surface area contributed by atoms with Crippen LogP contribution in [0, 0.1) is 0 Å². The van der Waals surface area contributed by atoms with Crippen LogP contribution in [0.3, 0.4) is 0 Å². The van der Waals surface area contributed by atoms with Crippen LogP contribution in [0.1, 0.15) is 19.3 Å². The van der Waals surface area contributed by atoms with E-state index in [0.29, 0.717) is 0 Å². The maximum absolute atomic E-state index is 4.54. The lowest BCUT2D eigenvalue weighted by Gasteiger charge is -2.15. The summed E-state index contributed by atoms with van der Waals surface area (Å²) >= 11 is 1.81. The topological polar surface area (TPSA) is 29.4 Å². The monoisotopic (exact) mass is 264 g/mol. The van der Waals surface area contributed by atoms with E-state index in [0.717, 1.165) is 25.4 Å². The first-order valence-corrected chi connectivity index (χ1v) is 7.73. The molecule has 0 spiro atoms. The van der Waals surface area contributed by atoms with Crippen LogP contribution in [0.2, 0.25) is 0 Å². The Kier molecular flexibility index (Phi) is 6.58. The summed E-state index contributed by atoms with van der Waals surface area (Å²) in [5, 5.41) is 6.87. The zero-order valence-electron chi connectivity index (χ0n) is 10.8. The molecule has 18 heavy (non-hydrogen) atoms. The fourth-order valence-corrected chi connectivity index (χ4v) is 2.72. The highest BCUT2D eigenvalue weighted by Crippen LogP contribution is 2.15. The first-order valence-electron chi connectivity index (χ1n) is 6.75. The van der Waals surface area contributed by atoms with Gasteiger partial charge in [0.2, 0.25) is 0 Å². The highest BCUT2D eigenvalue weighted by molar-refractivity contribution is 7.99. The van der Waals surface area contributed by atoms with Gasteiger partial charge in [-0.1, -0.05) is 18.2 Å². The SMILES string of the molecule is c1ccc(SC[N]CCCNN2CCCC2)cc1. The second-order valence-corrected chi connectivity index (χ2v) is 5.51. The van der Waals surface area contributed by atoms with E-state index < -0.39 is 0 Å². The van der Waals surface area contributed by atoms with Gasteiger partial charge in [0, 0.05) is 31.1 Å². The van der Waals surface area contributed by atoms with Gasteiger partial charge in [-0.2, -0.15) is 0 Å².